The number of aromatic hydroxyl groups is 1. The predicted octanol–water partition coefficient (Wildman–Crippen LogP) is 4.86. The van der Waals surface area contributed by atoms with E-state index in [0.717, 1.165) is 36.0 Å². The van der Waals surface area contributed by atoms with E-state index in [1.807, 2.05) is 42.6 Å². The van der Waals surface area contributed by atoms with E-state index in [1.165, 1.54) is 11.8 Å². The zero-order valence-corrected chi connectivity index (χ0v) is 16.7. The molecule has 0 bridgehead atoms. The summed E-state index contributed by atoms with van der Waals surface area (Å²) in [6.07, 6.45) is 5.04. The standard InChI is InChI=1S/C22H19ClN4O3/c23-22-24-13-17(21(29)30)20(26-22)25-18-4-1-5-19-16(18)10-12-27(19)11-2-3-14-6-8-15(28)9-7-14/h1,4-10,12-13,28H,2-3,11H2,(H,29,30)(H,24,25,26). The smallest absolute Gasteiger partial charge is 0.341 e. The summed E-state index contributed by atoms with van der Waals surface area (Å²) in [4.78, 5) is 19.2. The van der Waals surface area contributed by atoms with Crippen molar-refractivity contribution in [3.8, 4) is 5.75 Å². The molecular weight excluding hydrogens is 404 g/mol. The third-order valence-electron chi connectivity index (χ3n) is 4.86. The summed E-state index contributed by atoms with van der Waals surface area (Å²) < 4.78 is 2.16. The van der Waals surface area contributed by atoms with E-state index in [2.05, 4.69) is 19.9 Å². The molecule has 0 amide bonds. The van der Waals surface area contributed by atoms with Crippen molar-refractivity contribution in [1.29, 1.82) is 0 Å². The van der Waals surface area contributed by atoms with E-state index >= 15 is 0 Å². The minimum absolute atomic E-state index is 0.0264. The van der Waals surface area contributed by atoms with Gasteiger partial charge in [0.2, 0.25) is 5.28 Å². The molecule has 0 aliphatic rings. The Morgan fingerprint density at radius 1 is 1.13 bits per heavy atom. The number of aromatic nitrogens is 3. The van der Waals surface area contributed by atoms with Gasteiger partial charge in [0.15, 0.2) is 0 Å². The molecule has 0 fully saturated rings. The van der Waals surface area contributed by atoms with Crippen LogP contribution in [0.3, 0.4) is 0 Å². The van der Waals surface area contributed by atoms with E-state index in [4.69, 9.17) is 11.6 Å². The molecule has 152 valence electrons. The molecule has 0 radical (unpaired) electrons. The summed E-state index contributed by atoms with van der Waals surface area (Å²) in [6, 6.07) is 15.0. The minimum atomic E-state index is -1.13. The molecule has 0 atom stereocenters. The largest absolute Gasteiger partial charge is 0.508 e. The van der Waals surface area contributed by atoms with Crippen LogP contribution >= 0.6 is 11.6 Å². The molecule has 8 heteroatoms. The fraction of sp³-hybridized carbons (Fsp3) is 0.136. The van der Waals surface area contributed by atoms with E-state index in [0.29, 0.717) is 0 Å². The fourth-order valence-corrected chi connectivity index (χ4v) is 3.52. The first-order valence-electron chi connectivity index (χ1n) is 9.40. The number of carbonyl (C=O) groups is 1. The molecule has 0 spiro atoms. The van der Waals surface area contributed by atoms with Gasteiger partial charge in [0.1, 0.15) is 17.1 Å². The van der Waals surface area contributed by atoms with Crippen LogP contribution in [0.4, 0.5) is 11.5 Å². The molecular formula is C22H19ClN4O3. The number of benzene rings is 2. The van der Waals surface area contributed by atoms with Crippen molar-refractivity contribution in [2.24, 2.45) is 0 Å². The summed E-state index contributed by atoms with van der Waals surface area (Å²) in [5, 5.41) is 22.8. The van der Waals surface area contributed by atoms with Crippen molar-refractivity contribution in [2.75, 3.05) is 5.32 Å². The van der Waals surface area contributed by atoms with Gasteiger partial charge in [-0.15, -0.1) is 0 Å². The van der Waals surface area contributed by atoms with Gasteiger partial charge in [-0.3, -0.25) is 0 Å². The average Bonchev–Trinajstić information content (AvgIpc) is 3.13. The topological polar surface area (TPSA) is 100 Å². The lowest BCUT2D eigenvalue weighted by atomic mass is 10.1. The Balaban J connectivity index is 1.54. The Labute approximate surface area is 177 Å². The summed E-state index contributed by atoms with van der Waals surface area (Å²) in [5.74, 6) is -0.713. The first kappa shape index (κ1) is 19.7. The Bertz CT molecular complexity index is 1200. The number of phenols is 1. The molecule has 4 aromatic rings. The number of phenolic OH excluding ortho intramolecular Hbond substituents is 1. The van der Waals surface area contributed by atoms with Gasteiger partial charge in [-0.2, -0.15) is 4.98 Å². The highest BCUT2D eigenvalue weighted by molar-refractivity contribution is 6.28. The van der Waals surface area contributed by atoms with Crippen molar-refractivity contribution < 1.29 is 15.0 Å². The Hall–Kier alpha value is -3.58. The van der Waals surface area contributed by atoms with E-state index in [-0.39, 0.29) is 22.4 Å². The average molecular weight is 423 g/mol. The highest BCUT2D eigenvalue weighted by Gasteiger charge is 2.15. The minimum Gasteiger partial charge on any atom is -0.508 e. The first-order chi connectivity index (χ1) is 14.5. The normalized spacial score (nSPS) is 11.0. The highest BCUT2D eigenvalue weighted by atomic mass is 35.5. The lowest BCUT2D eigenvalue weighted by Crippen LogP contribution is -2.06. The second-order valence-corrected chi connectivity index (χ2v) is 7.19. The molecule has 2 heterocycles. The van der Waals surface area contributed by atoms with Crippen molar-refractivity contribution in [3.63, 3.8) is 0 Å². The highest BCUT2D eigenvalue weighted by Crippen LogP contribution is 2.28. The number of fused-ring (bicyclic) bond motifs is 1. The van der Waals surface area contributed by atoms with Crippen LogP contribution in [0.25, 0.3) is 10.9 Å². The number of nitrogens with zero attached hydrogens (tertiary/aromatic N) is 3. The molecule has 0 aliphatic carbocycles. The van der Waals surface area contributed by atoms with Crippen LogP contribution in [0.15, 0.2) is 60.9 Å². The summed E-state index contributed by atoms with van der Waals surface area (Å²) >= 11 is 5.85. The quantitative estimate of drug-likeness (QED) is 0.367. The van der Waals surface area contributed by atoms with Gasteiger partial charge in [0.25, 0.3) is 0 Å². The molecule has 0 saturated carbocycles. The number of aromatic carboxylic acids is 1. The summed E-state index contributed by atoms with van der Waals surface area (Å²) in [5.41, 5.74) is 2.89. The predicted molar refractivity (Wildman–Crippen MR) is 116 cm³/mol. The zero-order valence-electron chi connectivity index (χ0n) is 15.9. The number of aryl methyl sites for hydroxylation is 2. The van der Waals surface area contributed by atoms with E-state index in [9.17, 15) is 15.0 Å². The van der Waals surface area contributed by atoms with Crippen molar-refractivity contribution in [1.82, 2.24) is 14.5 Å². The van der Waals surface area contributed by atoms with Crippen molar-refractivity contribution >= 4 is 40.0 Å². The first-order valence-corrected chi connectivity index (χ1v) is 9.77. The van der Waals surface area contributed by atoms with Crippen LogP contribution in [0.1, 0.15) is 22.3 Å². The number of carboxylic acid groups (broad SMARTS) is 1. The van der Waals surface area contributed by atoms with E-state index in [1.54, 1.807) is 12.1 Å². The second kappa shape index (κ2) is 8.42. The molecule has 3 N–H and O–H groups in total. The lowest BCUT2D eigenvalue weighted by Gasteiger charge is -2.11. The summed E-state index contributed by atoms with van der Waals surface area (Å²) in [7, 11) is 0. The molecule has 2 aromatic heterocycles. The van der Waals surface area contributed by atoms with Crippen molar-refractivity contribution in [3.05, 3.63) is 77.3 Å². The fourth-order valence-electron chi connectivity index (χ4n) is 3.38. The number of anilines is 2. The number of halogens is 1. The second-order valence-electron chi connectivity index (χ2n) is 6.85. The maximum Gasteiger partial charge on any atom is 0.341 e. The van der Waals surface area contributed by atoms with Crippen LogP contribution < -0.4 is 5.32 Å². The SMILES string of the molecule is O=C(O)c1cnc(Cl)nc1Nc1cccc2c1ccn2CCCc1ccc(O)cc1. The van der Waals surface area contributed by atoms with Crippen LogP contribution in [-0.4, -0.2) is 30.7 Å². The molecule has 4 rings (SSSR count). The Morgan fingerprint density at radius 3 is 2.70 bits per heavy atom. The van der Waals surface area contributed by atoms with Crippen LogP contribution in [0.5, 0.6) is 5.75 Å². The van der Waals surface area contributed by atoms with Gasteiger partial charge in [-0.05, 0) is 60.3 Å². The lowest BCUT2D eigenvalue weighted by molar-refractivity contribution is 0.0697. The van der Waals surface area contributed by atoms with Gasteiger partial charge in [-0.25, -0.2) is 9.78 Å². The molecule has 2 aromatic carbocycles. The van der Waals surface area contributed by atoms with E-state index < -0.39 is 5.97 Å². The molecule has 30 heavy (non-hydrogen) atoms. The number of carboxylic acids is 1. The molecule has 0 saturated heterocycles. The zero-order chi connectivity index (χ0) is 21.1. The van der Waals surface area contributed by atoms with Crippen molar-refractivity contribution in [2.45, 2.75) is 19.4 Å². The van der Waals surface area contributed by atoms with Gasteiger partial charge in [0, 0.05) is 30.0 Å². The number of nitrogens with one attached hydrogen (secondary N) is 1. The number of rotatable bonds is 7. The Morgan fingerprint density at radius 2 is 1.93 bits per heavy atom. The van der Waals surface area contributed by atoms with Crippen LogP contribution in [0, 0.1) is 0 Å². The third-order valence-corrected chi connectivity index (χ3v) is 5.04. The van der Waals surface area contributed by atoms with Crippen LogP contribution in [0.2, 0.25) is 5.28 Å². The maximum atomic E-state index is 11.5. The number of hydrogen-bond acceptors (Lipinski definition) is 5. The molecule has 7 nitrogen and oxygen atoms in total. The van der Waals surface area contributed by atoms with Gasteiger partial charge >= 0.3 is 5.97 Å². The summed E-state index contributed by atoms with van der Waals surface area (Å²) in [6.45, 7) is 0.827. The molecule has 0 unspecified atom stereocenters. The maximum absolute atomic E-state index is 11.5. The molecule has 0 aliphatic heterocycles. The number of hydrogen-bond donors (Lipinski definition) is 3. The Kier molecular flexibility index (Phi) is 5.54. The monoisotopic (exact) mass is 422 g/mol. The van der Waals surface area contributed by atoms with Crippen LogP contribution in [-0.2, 0) is 13.0 Å². The van der Waals surface area contributed by atoms with Gasteiger partial charge in [0.05, 0.1) is 5.52 Å². The third kappa shape index (κ3) is 4.21. The van der Waals surface area contributed by atoms with Gasteiger partial charge < -0.3 is 20.1 Å². The van der Waals surface area contributed by atoms with Gasteiger partial charge in [-0.1, -0.05) is 18.2 Å².